The van der Waals surface area contributed by atoms with Gasteiger partial charge in [-0.15, -0.1) is 0 Å². The van der Waals surface area contributed by atoms with Gasteiger partial charge in [0.15, 0.2) is 0 Å². The average Bonchev–Trinajstić information content (AvgIpc) is 2.91. The Bertz CT molecular complexity index is 411. The molecular weight excluding hydrogens is 242 g/mol. The first-order chi connectivity index (χ1) is 9.15. The molecule has 0 atom stereocenters. The minimum atomic E-state index is -0.149. The number of nitrogens with one attached hydrogen (secondary N) is 1. The minimum Gasteiger partial charge on any atom is -0.369 e. The zero-order chi connectivity index (χ0) is 13.7. The highest BCUT2D eigenvalue weighted by Gasteiger charge is 2.13. The van der Waals surface area contributed by atoms with Crippen molar-refractivity contribution in [3.05, 3.63) is 18.3 Å². The summed E-state index contributed by atoms with van der Waals surface area (Å²) in [6, 6.07) is 3.83. The second-order valence-corrected chi connectivity index (χ2v) is 5.01. The van der Waals surface area contributed by atoms with E-state index in [-0.39, 0.29) is 18.6 Å². The van der Waals surface area contributed by atoms with Gasteiger partial charge in [0.1, 0.15) is 12.4 Å². The SMILES string of the molecule is CC(C)OCC(=O)Nc1ccc(N2CCCC2)nc1. The molecule has 5 nitrogen and oxygen atoms in total. The zero-order valence-corrected chi connectivity index (χ0v) is 11.6. The summed E-state index contributed by atoms with van der Waals surface area (Å²) in [5, 5.41) is 2.77. The number of hydrogen-bond acceptors (Lipinski definition) is 4. The normalized spacial score (nSPS) is 15.0. The predicted molar refractivity (Wildman–Crippen MR) is 75.4 cm³/mol. The van der Waals surface area contributed by atoms with E-state index in [1.165, 1.54) is 12.8 Å². The number of nitrogens with zero attached hydrogens (tertiary/aromatic N) is 2. The van der Waals surface area contributed by atoms with Crippen molar-refractivity contribution in [3.8, 4) is 0 Å². The largest absolute Gasteiger partial charge is 0.369 e. The molecule has 1 saturated heterocycles. The number of rotatable bonds is 5. The minimum absolute atomic E-state index is 0.0569. The van der Waals surface area contributed by atoms with E-state index in [0.29, 0.717) is 5.69 Å². The quantitative estimate of drug-likeness (QED) is 0.883. The van der Waals surface area contributed by atoms with Crippen LogP contribution in [-0.4, -0.2) is 36.7 Å². The Balaban J connectivity index is 1.86. The van der Waals surface area contributed by atoms with Gasteiger partial charge in [-0.25, -0.2) is 4.98 Å². The molecule has 1 aliphatic rings. The lowest BCUT2D eigenvalue weighted by Gasteiger charge is -2.16. The van der Waals surface area contributed by atoms with Gasteiger partial charge in [-0.1, -0.05) is 0 Å². The third-order valence-corrected chi connectivity index (χ3v) is 3.01. The highest BCUT2D eigenvalue weighted by atomic mass is 16.5. The van der Waals surface area contributed by atoms with Crippen LogP contribution >= 0.6 is 0 Å². The van der Waals surface area contributed by atoms with Gasteiger partial charge in [0.25, 0.3) is 0 Å². The van der Waals surface area contributed by atoms with Gasteiger partial charge < -0.3 is 15.0 Å². The standard InChI is InChI=1S/C14H21N3O2/c1-11(2)19-10-14(18)16-12-5-6-13(15-9-12)17-7-3-4-8-17/h5-6,9,11H,3-4,7-8,10H2,1-2H3,(H,16,18). The predicted octanol–water partition coefficient (Wildman–Crippen LogP) is 2.05. The van der Waals surface area contributed by atoms with Gasteiger partial charge in [-0.05, 0) is 38.8 Å². The van der Waals surface area contributed by atoms with Gasteiger partial charge in [0.05, 0.1) is 18.0 Å². The van der Waals surface area contributed by atoms with E-state index in [2.05, 4.69) is 15.2 Å². The second kappa shape index (κ2) is 6.52. The molecule has 1 fully saturated rings. The number of aromatic nitrogens is 1. The molecule has 0 bridgehead atoms. The average molecular weight is 263 g/mol. The Kier molecular flexibility index (Phi) is 4.74. The Morgan fingerprint density at radius 3 is 2.74 bits per heavy atom. The Hall–Kier alpha value is -1.62. The Morgan fingerprint density at radius 2 is 2.16 bits per heavy atom. The van der Waals surface area contributed by atoms with Gasteiger partial charge in [0.2, 0.25) is 5.91 Å². The lowest BCUT2D eigenvalue weighted by Crippen LogP contribution is -2.21. The van der Waals surface area contributed by atoms with Gasteiger partial charge >= 0.3 is 0 Å². The van der Waals surface area contributed by atoms with E-state index in [9.17, 15) is 4.79 Å². The van der Waals surface area contributed by atoms with E-state index in [1.807, 2.05) is 26.0 Å². The van der Waals surface area contributed by atoms with Crippen LogP contribution in [0.4, 0.5) is 11.5 Å². The molecule has 0 saturated carbocycles. The van der Waals surface area contributed by atoms with Crippen LogP contribution in [0.15, 0.2) is 18.3 Å². The molecule has 1 aromatic heterocycles. The number of hydrogen-bond donors (Lipinski definition) is 1. The molecule has 2 heterocycles. The molecule has 1 amide bonds. The molecule has 0 unspecified atom stereocenters. The van der Waals surface area contributed by atoms with Crippen LogP contribution in [0.2, 0.25) is 0 Å². The number of carbonyl (C=O) groups excluding carboxylic acids is 1. The lowest BCUT2D eigenvalue weighted by molar-refractivity contribution is -0.121. The second-order valence-electron chi connectivity index (χ2n) is 5.01. The first kappa shape index (κ1) is 13.8. The van der Waals surface area contributed by atoms with E-state index in [4.69, 9.17) is 4.74 Å². The first-order valence-electron chi connectivity index (χ1n) is 6.77. The van der Waals surface area contributed by atoms with Gasteiger partial charge in [0, 0.05) is 13.1 Å². The Labute approximate surface area is 114 Å². The Morgan fingerprint density at radius 1 is 1.42 bits per heavy atom. The number of carbonyl (C=O) groups is 1. The number of anilines is 2. The van der Waals surface area contributed by atoms with E-state index in [1.54, 1.807) is 6.20 Å². The molecule has 5 heteroatoms. The number of ether oxygens (including phenoxy) is 1. The van der Waals surface area contributed by atoms with Gasteiger partial charge in [-0.2, -0.15) is 0 Å². The van der Waals surface area contributed by atoms with Crippen molar-refractivity contribution >= 4 is 17.4 Å². The molecule has 0 radical (unpaired) electrons. The summed E-state index contributed by atoms with van der Waals surface area (Å²) in [6.45, 7) is 6.02. The van der Waals surface area contributed by atoms with Crippen LogP contribution in [0.1, 0.15) is 26.7 Å². The molecular formula is C14H21N3O2. The molecule has 1 N–H and O–H groups in total. The molecule has 2 rings (SSSR count). The van der Waals surface area contributed by atoms with Crippen LogP contribution in [0.5, 0.6) is 0 Å². The number of pyridine rings is 1. The summed E-state index contributed by atoms with van der Waals surface area (Å²) in [5.74, 6) is 0.832. The first-order valence-corrected chi connectivity index (χ1v) is 6.77. The maximum absolute atomic E-state index is 11.6. The zero-order valence-electron chi connectivity index (χ0n) is 11.6. The fourth-order valence-electron chi connectivity index (χ4n) is 2.03. The van der Waals surface area contributed by atoms with Crippen LogP contribution in [0, 0.1) is 0 Å². The lowest BCUT2D eigenvalue weighted by atomic mass is 10.3. The fourth-order valence-corrected chi connectivity index (χ4v) is 2.03. The van der Waals surface area contributed by atoms with Crippen LogP contribution in [0.25, 0.3) is 0 Å². The van der Waals surface area contributed by atoms with Crippen LogP contribution in [0.3, 0.4) is 0 Å². The summed E-state index contributed by atoms with van der Waals surface area (Å²) >= 11 is 0. The molecule has 1 aromatic rings. The summed E-state index contributed by atoms with van der Waals surface area (Å²) in [5.41, 5.74) is 0.709. The van der Waals surface area contributed by atoms with Crippen molar-refractivity contribution < 1.29 is 9.53 Å². The highest BCUT2D eigenvalue weighted by Crippen LogP contribution is 2.18. The van der Waals surface area contributed by atoms with Crippen molar-refractivity contribution in [2.45, 2.75) is 32.8 Å². The molecule has 1 aliphatic heterocycles. The molecule has 0 spiro atoms. The highest BCUT2D eigenvalue weighted by molar-refractivity contribution is 5.91. The van der Waals surface area contributed by atoms with E-state index < -0.39 is 0 Å². The number of amides is 1. The molecule has 0 aromatic carbocycles. The third-order valence-electron chi connectivity index (χ3n) is 3.01. The molecule has 0 aliphatic carbocycles. The topological polar surface area (TPSA) is 54.5 Å². The summed E-state index contributed by atoms with van der Waals surface area (Å²) < 4.78 is 5.24. The fraction of sp³-hybridized carbons (Fsp3) is 0.571. The van der Waals surface area contributed by atoms with Crippen molar-refractivity contribution in [3.63, 3.8) is 0 Å². The van der Waals surface area contributed by atoms with Crippen molar-refractivity contribution in [1.82, 2.24) is 4.98 Å². The van der Waals surface area contributed by atoms with E-state index >= 15 is 0 Å². The maximum Gasteiger partial charge on any atom is 0.250 e. The molecule has 19 heavy (non-hydrogen) atoms. The summed E-state index contributed by atoms with van der Waals surface area (Å²) in [6.07, 6.45) is 4.21. The van der Waals surface area contributed by atoms with Gasteiger partial charge in [-0.3, -0.25) is 4.79 Å². The van der Waals surface area contributed by atoms with Crippen LogP contribution < -0.4 is 10.2 Å². The smallest absolute Gasteiger partial charge is 0.250 e. The van der Waals surface area contributed by atoms with Crippen molar-refractivity contribution in [2.24, 2.45) is 0 Å². The molecule has 104 valence electrons. The third kappa shape index (κ3) is 4.21. The van der Waals surface area contributed by atoms with Crippen molar-refractivity contribution in [1.29, 1.82) is 0 Å². The monoisotopic (exact) mass is 263 g/mol. The summed E-state index contributed by atoms with van der Waals surface area (Å²) in [4.78, 5) is 18.2. The van der Waals surface area contributed by atoms with Crippen LogP contribution in [-0.2, 0) is 9.53 Å². The maximum atomic E-state index is 11.6. The summed E-state index contributed by atoms with van der Waals surface area (Å²) in [7, 11) is 0. The van der Waals surface area contributed by atoms with E-state index in [0.717, 1.165) is 18.9 Å². The van der Waals surface area contributed by atoms with Crippen molar-refractivity contribution in [2.75, 3.05) is 29.9 Å².